The molecule has 0 fully saturated rings. The predicted octanol–water partition coefficient (Wildman–Crippen LogP) is 0.511. The number of nitrogens with zero attached hydrogens (tertiary/aromatic N) is 6. The lowest BCUT2D eigenvalue weighted by Crippen LogP contribution is -2.49. The molecule has 4 amide bonds. The third-order valence-corrected chi connectivity index (χ3v) is 6.11. The van der Waals surface area contributed by atoms with Gasteiger partial charge < -0.3 is 30.3 Å². The van der Waals surface area contributed by atoms with E-state index >= 15 is 0 Å². The molecule has 1 aliphatic rings. The summed E-state index contributed by atoms with van der Waals surface area (Å²) in [6, 6.07) is 4.50. The number of fused-ring (bicyclic) bond motifs is 1. The number of urea groups is 1. The summed E-state index contributed by atoms with van der Waals surface area (Å²) in [5, 5.41) is 26.2. The van der Waals surface area contributed by atoms with Crippen molar-refractivity contribution in [3.8, 4) is 5.75 Å². The lowest BCUT2D eigenvalue weighted by molar-refractivity contribution is -0.134. The molecule has 0 radical (unpaired) electrons. The second-order valence-electron chi connectivity index (χ2n) is 9.75. The number of anilines is 1. The highest BCUT2D eigenvalue weighted by Crippen LogP contribution is 2.29. The number of likely N-dealkylation sites (N-methyl/N-ethyl adjacent to an activating group) is 1. The molecule has 0 saturated heterocycles. The molecule has 0 aliphatic carbocycles. The third kappa shape index (κ3) is 7.62. The standard InChI is InChI=1S/C24H36N8O5/c1-15(2)26-24(36)30(5)11-21-16(3)10-32(17(4)13-33)23(35)9-18-8-19(6-7-20(18)37-21)27-22(34)12-31-14-25-28-29-31/h6-8,14-17,21,33H,9-13H2,1-5H3,(H,26,36)(H,27,34)/t16-,17-,21-/m0/s1. The Hall–Kier alpha value is -3.74. The van der Waals surface area contributed by atoms with Crippen LogP contribution < -0.4 is 15.4 Å². The summed E-state index contributed by atoms with van der Waals surface area (Å²) in [5.74, 6) is -0.141. The van der Waals surface area contributed by atoms with E-state index in [-0.39, 0.29) is 49.4 Å². The number of hydrogen-bond donors (Lipinski definition) is 3. The van der Waals surface area contributed by atoms with E-state index in [1.165, 1.54) is 11.0 Å². The Kier molecular flexibility index (Phi) is 9.39. The summed E-state index contributed by atoms with van der Waals surface area (Å²) in [6.45, 7) is 7.93. The number of amides is 4. The van der Waals surface area contributed by atoms with Gasteiger partial charge >= 0.3 is 6.03 Å². The van der Waals surface area contributed by atoms with Gasteiger partial charge in [0.25, 0.3) is 0 Å². The smallest absolute Gasteiger partial charge is 0.317 e. The Morgan fingerprint density at radius 3 is 2.70 bits per heavy atom. The fourth-order valence-electron chi connectivity index (χ4n) is 4.04. The van der Waals surface area contributed by atoms with Crippen molar-refractivity contribution in [1.82, 2.24) is 35.3 Å². The van der Waals surface area contributed by atoms with Crippen LogP contribution in [0.2, 0.25) is 0 Å². The minimum atomic E-state index is -0.429. The maximum Gasteiger partial charge on any atom is 0.317 e. The van der Waals surface area contributed by atoms with Gasteiger partial charge in [0.1, 0.15) is 24.7 Å². The number of rotatable bonds is 8. The molecule has 0 unspecified atom stereocenters. The molecule has 202 valence electrons. The molecule has 13 heteroatoms. The lowest BCUT2D eigenvalue weighted by atomic mass is 10.0. The van der Waals surface area contributed by atoms with Gasteiger partial charge in [-0.05, 0) is 49.4 Å². The van der Waals surface area contributed by atoms with Gasteiger partial charge in [-0.3, -0.25) is 9.59 Å². The van der Waals surface area contributed by atoms with E-state index in [1.54, 1.807) is 42.0 Å². The normalized spacial score (nSPS) is 18.7. The molecule has 13 nitrogen and oxygen atoms in total. The number of aliphatic hydroxyl groups excluding tert-OH is 1. The Morgan fingerprint density at radius 2 is 2.05 bits per heavy atom. The van der Waals surface area contributed by atoms with Crippen molar-refractivity contribution in [2.24, 2.45) is 5.92 Å². The van der Waals surface area contributed by atoms with Gasteiger partial charge in [-0.2, -0.15) is 0 Å². The van der Waals surface area contributed by atoms with Gasteiger partial charge in [-0.15, -0.1) is 5.10 Å². The van der Waals surface area contributed by atoms with Crippen LogP contribution in [0.25, 0.3) is 0 Å². The zero-order valence-corrected chi connectivity index (χ0v) is 21.9. The first-order valence-electron chi connectivity index (χ1n) is 12.3. The fourth-order valence-corrected chi connectivity index (χ4v) is 4.04. The Morgan fingerprint density at radius 1 is 1.30 bits per heavy atom. The summed E-state index contributed by atoms with van der Waals surface area (Å²) in [6.07, 6.45) is 0.938. The van der Waals surface area contributed by atoms with Crippen LogP contribution in [0.15, 0.2) is 24.5 Å². The Balaban J connectivity index is 1.87. The second kappa shape index (κ2) is 12.5. The van der Waals surface area contributed by atoms with Crippen molar-refractivity contribution in [1.29, 1.82) is 0 Å². The quantitative estimate of drug-likeness (QED) is 0.458. The monoisotopic (exact) mass is 516 g/mol. The lowest BCUT2D eigenvalue weighted by Gasteiger charge is -2.34. The molecule has 2 aromatic rings. The topological polar surface area (TPSA) is 155 Å². The van der Waals surface area contributed by atoms with Crippen LogP contribution in [-0.4, -0.2) is 97.9 Å². The molecule has 0 bridgehead atoms. The Labute approximate surface area is 216 Å². The van der Waals surface area contributed by atoms with Gasteiger partial charge in [-0.25, -0.2) is 9.48 Å². The molecule has 2 heterocycles. The third-order valence-electron chi connectivity index (χ3n) is 6.11. The molecule has 37 heavy (non-hydrogen) atoms. The number of ether oxygens (including phenoxy) is 1. The summed E-state index contributed by atoms with van der Waals surface area (Å²) < 4.78 is 7.70. The number of carbonyl (C=O) groups is 3. The molecule has 1 aliphatic heterocycles. The van der Waals surface area contributed by atoms with Crippen molar-refractivity contribution < 1.29 is 24.2 Å². The average molecular weight is 517 g/mol. The second-order valence-corrected chi connectivity index (χ2v) is 9.75. The highest BCUT2D eigenvalue weighted by molar-refractivity contribution is 5.91. The minimum Gasteiger partial charge on any atom is -0.488 e. The van der Waals surface area contributed by atoms with Crippen molar-refractivity contribution in [3.05, 3.63) is 30.1 Å². The predicted molar refractivity (Wildman–Crippen MR) is 135 cm³/mol. The van der Waals surface area contributed by atoms with Gasteiger partial charge in [0, 0.05) is 36.8 Å². The van der Waals surface area contributed by atoms with Crippen molar-refractivity contribution in [2.45, 2.75) is 58.8 Å². The van der Waals surface area contributed by atoms with Crippen molar-refractivity contribution >= 4 is 23.5 Å². The van der Waals surface area contributed by atoms with Gasteiger partial charge in [0.05, 0.1) is 25.6 Å². The number of benzene rings is 1. The first-order valence-corrected chi connectivity index (χ1v) is 12.3. The first-order chi connectivity index (χ1) is 17.6. The highest BCUT2D eigenvalue weighted by Gasteiger charge is 2.32. The maximum absolute atomic E-state index is 13.3. The number of nitrogens with one attached hydrogen (secondary N) is 2. The van der Waals surface area contributed by atoms with Gasteiger partial charge in [-0.1, -0.05) is 6.92 Å². The molecule has 0 saturated carbocycles. The van der Waals surface area contributed by atoms with Gasteiger partial charge in [0.2, 0.25) is 11.8 Å². The van der Waals surface area contributed by atoms with E-state index in [0.717, 1.165) is 0 Å². The van der Waals surface area contributed by atoms with Crippen LogP contribution >= 0.6 is 0 Å². The first kappa shape index (κ1) is 27.8. The number of aromatic nitrogens is 4. The number of carbonyl (C=O) groups excluding carboxylic acids is 3. The highest BCUT2D eigenvalue weighted by atomic mass is 16.5. The van der Waals surface area contributed by atoms with E-state index in [4.69, 9.17) is 4.74 Å². The summed E-state index contributed by atoms with van der Waals surface area (Å²) in [4.78, 5) is 41.5. The molecule has 3 N–H and O–H groups in total. The van der Waals surface area contributed by atoms with E-state index in [1.807, 2.05) is 20.8 Å². The summed E-state index contributed by atoms with van der Waals surface area (Å²) in [7, 11) is 1.70. The SMILES string of the molecule is CC(C)NC(=O)N(C)C[C@@H]1Oc2ccc(NC(=O)Cn3cnnn3)cc2CC(=O)N([C@@H](C)CO)C[C@@H]1C. The van der Waals surface area contributed by atoms with E-state index in [0.29, 0.717) is 30.1 Å². The largest absolute Gasteiger partial charge is 0.488 e. The molecular weight excluding hydrogens is 480 g/mol. The fraction of sp³-hybridized carbons (Fsp3) is 0.583. The van der Waals surface area contributed by atoms with Crippen LogP contribution in [0.3, 0.4) is 0 Å². The zero-order chi connectivity index (χ0) is 27.1. The van der Waals surface area contributed by atoms with Crippen LogP contribution in [0.4, 0.5) is 10.5 Å². The molecule has 3 rings (SSSR count). The number of tetrazole rings is 1. The van der Waals surface area contributed by atoms with E-state index in [2.05, 4.69) is 26.2 Å². The molecular formula is C24H36N8O5. The van der Waals surface area contributed by atoms with Gasteiger partial charge in [0.15, 0.2) is 0 Å². The van der Waals surface area contributed by atoms with Crippen LogP contribution in [0, 0.1) is 5.92 Å². The zero-order valence-electron chi connectivity index (χ0n) is 21.9. The maximum atomic E-state index is 13.3. The van der Waals surface area contributed by atoms with E-state index in [9.17, 15) is 19.5 Å². The van der Waals surface area contributed by atoms with E-state index < -0.39 is 12.1 Å². The molecule has 1 aromatic carbocycles. The van der Waals surface area contributed by atoms with Crippen molar-refractivity contribution in [2.75, 3.05) is 32.1 Å². The average Bonchev–Trinajstić information content (AvgIpc) is 3.35. The molecule has 3 atom stereocenters. The Bertz CT molecular complexity index is 1080. The summed E-state index contributed by atoms with van der Waals surface area (Å²) >= 11 is 0. The van der Waals surface area contributed by atoms with Crippen molar-refractivity contribution in [3.63, 3.8) is 0 Å². The van der Waals surface area contributed by atoms with Crippen LogP contribution in [0.1, 0.15) is 33.3 Å². The van der Waals surface area contributed by atoms with Crippen LogP contribution in [0.5, 0.6) is 5.75 Å². The summed E-state index contributed by atoms with van der Waals surface area (Å²) in [5.41, 5.74) is 1.08. The number of hydrogen-bond acceptors (Lipinski definition) is 8. The minimum absolute atomic E-state index is 0.0116. The number of aliphatic hydroxyl groups is 1. The van der Waals surface area contributed by atoms with Crippen LogP contribution in [-0.2, 0) is 22.6 Å². The molecule has 1 aromatic heterocycles. The molecule has 0 spiro atoms.